The van der Waals surface area contributed by atoms with Crippen LogP contribution in [-0.2, 0) is 0 Å². The molecule has 7 heterocycles. The summed E-state index contributed by atoms with van der Waals surface area (Å²) in [7, 11) is 0. The molecule has 0 saturated heterocycles. The lowest BCUT2D eigenvalue weighted by Gasteiger charge is -2.15. The second-order valence-electron chi connectivity index (χ2n) is 29.1. The van der Waals surface area contributed by atoms with Gasteiger partial charge in [0, 0.05) is 93.5 Å². The van der Waals surface area contributed by atoms with Crippen LogP contribution in [0.25, 0.3) is 221 Å². The zero-order chi connectivity index (χ0) is 74.2. The number of para-hydroxylation sites is 9. The Hall–Kier alpha value is -15.3. The fraction of sp³-hybridized carbons (Fsp3) is 0. The first-order valence-corrected chi connectivity index (χ1v) is 38.4. The highest BCUT2D eigenvalue weighted by atomic mass is 16.3. The topological polar surface area (TPSA) is 84.4 Å². The van der Waals surface area contributed by atoms with Gasteiger partial charge in [0.1, 0.15) is 16.8 Å². The number of aromatic nitrogens is 8. The molecule has 0 aliphatic carbocycles. The van der Waals surface area contributed by atoms with Gasteiger partial charge in [-0.3, -0.25) is 0 Å². The summed E-state index contributed by atoms with van der Waals surface area (Å²) >= 11 is 0. The van der Waals surface area contributed by atoms with Gasteiger partial charge < -0.3 is 22.7 Å². The van der Waals surface area contributed by atoms with Crippen molar-refractivity contribution in [3.8, 4) is 79.0 Å². The molecule has 0 atom stereocenters. The fourth-order valence-electron chi connectivity index (χ4n) is 17.9. The van der Waals surface area contributed by atoms with Crippen molar-refractivity contribution in [1.82, 2.24) is 38.2 Å². The quantitative estimate of drug-likeness (QED) is 0.144. The third-order valence-electron chi connectivity index (χ3n) is 22.8. The lowest BCUT2D eigenvalue weighted by Crippen LogP contribution is -1.99. The Bertz CT molecular complexity index is 7940. The van der Waals surface area contributed by atoms with Crippen molar-refractivity contribution in [3.63, 3.8) is 0 Å². The maximum Gasteiger partial charge on any atom is 0.180 e. The fourth-order valence-corrected chi connectivity index (χ4v) is 17.9. The maximum atomic E-state index is 6.38. The van der Waals surface area contributed by atoms with Crippen LogP contribution >= 0.6 is 0 Å². The van der Waals surface area contributed by atoms with Crippen molar-refractivity contribution in [2.24, 2.45) is 0 Å². The predicted octanol–water partition coefficient (Wildman–Crippen LogP) is 27.0. The lowest BCUT2D eigenvalue weighted by atomic mass is 9.98. The van der Waals surface area contributed by atoms with Crippen molar-refractivity contribution in [2.75, 3.05) is 0 Å². The van der Waals surface area contributed by atoms with Crippen LogP contribution in [0.15, 0.2) is 393 Å². The monoisotopic (exact) mass is 1440 g/mol. The molecule has 9 nitrogen and oxygen atoms in total. The van der Waals surface area contributed by atoms with Gasteiger partial charge in [-0.15, -0.1) is 0 Å². The second-order valence-corrected chi connectivity index (χ2v) is 29.1. The molecule has 0 saturated carbocycles. The summed E-state index contributed by atoms with van der Waals surface area (Å²) in [5.41, 5.74) is 26.7. The summed E-state index contributed by atoms with van der Waals surface area (Å²) in [6, 6.07) is 138. The van der Waals surface area contributed by atoms with Crippen LogP contribution in [0.2, 0.25) is 0 Å². The van der Waals surface area contributed by atoms with Crippen molar-refractivity contribution >= 4 is 142 Å². The van der Waals surface area contributed by atoms with Crippen LogP contribution < -0.4 is 0 Å². The largest absolute Gasteiger partial charge is 0.452 e. The SMILES string of the molecule is c1ccc(-c2ccc(-c3nc4ccccc4nc3-c3ccc(-n4c5ccccc5c5c6ccccc6c6c7ccccc7n(-c7ccccc7)c6c54)cc3)cc2)cc1.c1ccc(-c2nc(-c3ccc(-n4c5ccccc5c5c6ccccc6c6c7ccccc7n(-c7ccccc7)c6c54)cc3)nc3c2oc2ccccc23)cc1. The lowest BCUT2D eigenvalue weighted by molar-refractivity contribution is 0.667. The molecule has 0 spiro atoms. The molecule has 17 aromatic carbocycles. The number of hydrogen-bond acceptors (Lipinski definition) is 5. The average Bonchev–Trinajstić information content (AvgIpc) is 1.53. The van der Waals surface area contributed by atoms with Gasteiger partial charge in [0.05, 0.1) is 66.6 Å². The predicted molar refractivity (Wildman–Crippen MR) is 468 cm³/mol. The van der Waals surface area contributed by atoms with E-state index in [1.807, 2.05) is 66.7 Å². The van der Waals surface area contributed by atoms with Crippen molar-refractivity contribution < 1.29 is 4.42 Å². The van der Waals surface area contributed by atoms with Gasteiger partial charge in [0.25, 0.3) is 0 Å². The molecule has 0 radical (unpaired) electrons. The molecule has 0 aliphatic rings. The van der Waals surface area contributed by atoms with Crippen LogP contribution in [0.5, 0.6) is 0 Å². The smallest absolute Gasteiger partial charge is 0.180 e. The molecular formula is C104H64N8O. The highest BCUT2D eigenvalue weighted by Crippen LogP contribution is 2.50. The molecule has 113 heavy (non-hydrogen) atoms. The number of nitrogens with zero attached hydrogens (tertiary/aromatic N) is 8. The van der Waals surface area contributed by atoms with E-state index in [1.54, 1.807) is 0 Å². The molecule has 24 rings (SSSR count). The number of furan rings is 1. The number of rotatable bonds is 9. The normalized spacial score (nSPS) is 11.9. The molecule has 24 aromatic rings. The Morgan fingerprint density at radius 1 is 0.195 bits per heavy atom. The van der Waals surface area contributed by atoms with Crippen LogP contribution in [0.4, 0.5) is 0 Å². The number of hydrogen-bond donors (Lipinski definition) is 0. The van der Waals surface area contributed by atoms with Crippen molar-refractivity contribution in [2.45, 2.75) is 0 Å². The van der Waals surface area contributed by atoms with Crippen LogP contribution in [0, 0.1) is 0 Å². The van der Waals surface area contributed by atoms with Gasteiger partial charge in [0.2, 0.25) is 0 Å². The van der Waals surface area contributed by atoms with E-state index in [-0.39, 0.29) is 0 Å². The van der Waals surface area contributed by atoms with E-state index in [4.69, 9.17) is 24.4 Å². The highest BCUT2D eigenvalue weighted by molar-refractivity contribution is 6.38. The molecule has 9 heteroatoms. The van der Waals surface area contributed by atoms with E-state index in [0.29, 0.717) is 11.4 Å². The molecule has 0 unspecified atom stereocenters. The first kappa shape index (κ1) is 63.7. The molecule has 0 N–H and O–H groups in total. The minimum absolute atomic E-state index is 0.657. The summed E-state index contributed by atoms with van der Waals surface area (Å²) in [6.07, 6.45) is 0. The Balaban J connectivity index is 0.000000135. The van der Waals surface area contributed by atoms with Crippen LogP contribution in [0.3, 0.4) is 0 Å². The molecule has 0 bridgehead atoms. The number of fused-ring (bicyclic) bond motifs is 24. The van der Waals surface area contributed by atoms with Gasteiger partial charge in [-0.2, -0.15) is 0 Å². The summed E-state index contributed by atoms with van der Waals surface area (Å²) < 4.78 is 16.2. The Labute approximate surface area is 647 Å². The minimum atomic E-state index is 0.657. The first-order valence-electron chi connectivity index (χ1n) is 38.4. The minimum Gasteiger partial charge on any atom is -0.452 e. The van der Waals surface area contributed by atoms with Crippen molar-refractivity contribution in [1.29, 1.82) is 0 Å². The standard InChI is InChI=1S/C54H34N4.C50H30N4O/c1-3-15-35(16-4-1)36-27-29-37(30-28-36)51-52(56-46-24-12-11-23-45(46)55-51)38-31-33-40(34-32-38)58-48-26-14-10-22-44(48)50-42-20-8-7-19-41(42)49-43-21-9-13-25-47(43)57(53(49)54(50)58)39-17-5-2-6-18-39;1-3-15-31(16-4-1)45-49-46(39-23-11-14-26-42(39)55-49)52-50(51-45)32-27-29-34(30-28-32)54-41-25-13-10-22-38(41)44-36-20-8-7-19-35(36)43-37-21-9-12-24-40(37)53(47(43)48(44)54)33-17-5-2-6-18-33/h1-34H;1-30H. The second kappa shape index (κ2) is 25.7. The Morgan fingerprint density at radius 3 is 0.885 bits per heavy atom. The number of benzene rings is 17. The van der Waals surface area contributed by atoms with Crippen molar-refractivity contribution in [3.05, 3.63) is 388 Å². The van der Waals surface area contributed by atoms with Gasteiger partial charge >= 0.3 is 0 Å². The van der Waals surface area contributed by atoms with Crippen LogP contribution in [0.1, 0.15) is 0 Å². The molecule has 526 valence electrons. The molecule has 0 amide bonds. The van der Waals surface area contributed by atoms with E-state index < -0.39 is 0 Å². The Kier molecular flexibility index (Phi) is 14.5. The van der Waals surface area contributed by atoms with E-state index in [2.05, 4.69) is 340 Å². The van der Waals surface area contributed by atoms with Gasteiger partial charge in [-0.1, -0.05) is 279 Å². The molecule has 0 aliphatic heterocycles. The third kappa shape index (κ3) is 9.98. The third-order valence-corrected chi connectivity index (χ3v) is 22.8. The summed E-state index contributed by atoms with van der Waals surface area (Å²) in [5.74, 6) is 0.657. The molecular weight excluding hydrogens is 1380 g/mol. The first-order chi connectivity index (χ1) is 56.1. The zero-order valence-corrected chi connectivity index (χ0v) is 60.9. The van der Waals surface area contributed by atoms with Gasteiger partial charge in [-0.25, -0.2) is 19.9 Å². The zero-order valence-electron chi connectivity index (χ0n) is 60.9. The summed E-state index contributed by atoms with van der Waals surface area (Å²) in [5, 5.41) is 15.9. The van der Waals surface area contributed by atoms with E-state index in [1.165, 1.54) is 109 Å². The molecule has 0 fully saturated rings. The average molecular weight is 1440 g/mol. The molecule has 7 aromatic heterocycles. The highest BCUT2D eigenvalue weighted by Gasteiger charge is 2.28. The van der Waals surface area contributed by atoms with Gasteiger partial charge in [0.15, 0.2) is 11.4 Å². The summed E-state index contributed by atoms with van der Waals surface area (Å²) in [4.78, 5) is 20.8. The van der Waals surface area contributed by atoms with Gasteiger partial charge in [-0.05, 0) is 142 Å². The summed E-state index contributed by atoms with van der Waals surface area (Å²) in [6.45, 7) is 0. The van der Waals surface area contributed by atoms with E-state index in [0.717, 1.165) is 101 Å². The maximum absolute atomic E-state index is 6.38. The van der Waals surface area contributed by atoms with E-state index in [9.17, 15) is 0 Å². The van der Waals surface area contributed by atoms with Crippen LogP contribution in [-0.4, -0.2) is 38.2 Å². The Morgan fingerprint density at radius 2 is 0.478 bits per heavy atom. The van der Waals surface area contributed by atoms with E-state index >= 15 is 0 Å².